The lowest BCUT2D eigenvalue weighted by molar-refractivity contribution is 0.280. The van der Waals surface area contributed by atoms with Crippen LogP contribution < -0.4 is 0 Å². The van der Waals surface area contributed by atoms with E-state index < -0.39 is 0 Å². The Morgan fingerprint density at radius 3 is 2.64 bits per heavy atom. The van der Waals surface area contributed by atoms with E-state index >= 15 is 0 Å². The summed E-state index contributed by atoms with van der Waals surface area (Å²) < 4.78 is 11.0. The van der Waals surface area contributed by atoms with Crippen molar-refractivity contribution in [1.82, 2.24) is 0 Å². The molecule has 0 radical (unpaired) electrons. The van der Waals surface area contributed by atoms with Crippen molar-refractivity contribution in [2.24, 2.45) is 15.4 Å². The van der Waals surface area contributed by atoms with Gasteiger partial charge in [0.15, 0.2) is 11.8 Å². The summed E-state index contributed by atoms with van der Waals surface area (Å²) in [4.78, 5) is 8.71. The first-order valence-corrected chi connectivity index (χ1v) is 5.42. The van der Waals surface area contributed by atoms with Crippen LogP contribution in [0.1, 0.15) is 13.8 Å². The lowest BCUT2D eigenvalue weighted by Crippen LogP contribution is -2.34. The van der Waals surface area contributed by atoms with Gasteiger partial charge in [0.25, 0.3) is 0 Å². The summed E-state index contributed by atoms with van der Waals surface area (Å²) in [6.45, 7) is 6.11. The Hall–Kier alpha value is -0.630. The van der Waals surface area contributed by atoms with Gasteiger partial charge in [-0.1, -0.05) is 0 Å². The van der Waals surface area contributed by atoms with Crippen LogP contribution in [0.25, 0.3) is 0 Å². The molecule has 2 rings (SSSR count). The van der Waals surface area contributed by atoms with E-state index in [1.54, 1.807) is 0 Å². The van der Waals surface area contributed by atoms with Crippen LogP contribution in [0.2, 0.25) is 0 Å². The molecule has 0 amide bonds. The number of hydrogen-bond acceptors (Lipinski definition) is 4. The van der Waals surface area contributed by atoms with E-state index in [0.717, 1.165) is 18.3 Å². The third kappa shape index (κ3) is 1.63. The molecule has 0 aromatic rings. The van der Waals surface area contributed by atoms with E-state index in [4.69, 9.17) is 9.47 Å². The predicted octanol–water partition coefficient (Wildman–Crippen LogP) is 1.07. The minimum Gasteiger partial charge on any atom is -0.478 e. The average Bonchev–Trinajstić information content (AvgIpc) is 2.72. The summed E-state index contributed by atoms with van der Waals surface area (Å²) in [5.41, 5.74) is -0.318. The number of hydrogen-bond donors (Lipinski definition) is 0. The van der Waals surface area contributed by atoms with Crippen LogP contribution in [0.4, 0.5) is 0 Å². The Morgan fingerprint density at radius 2 is 2.14 bits per heavy atom. The number of aliphatic imine (C=N–C) groups is 2. The van der Waals surface area contributed by atoms with Gasteiger partial charge in [0, 0.05) is 0 Å². The van der Waals surface area contributed by atoms with E-state index in [-0.39, 0.29) is 11.2 Å². The largest absolute Gasteiger partial charge is 0.478 e. The first-order chi connectivity index (χ1) is 6.60. The molecule has 2 atom stereocenters. The molecule has 0 aliphatic carbocycles. The molecule has 14 heavy (non-hydrogen) atoms. The van der Waals surface area contributed by atoms with Crippen molar-refractivity contribution in [3.8, 4) is 0 Å². The maximum Gasteiger partial charge on any atom is 0.199 e. The fourth-order valence-corrected chi connectivity index (χ4v) is 1.77. The van der Waals surface area contributed by atoms with E-state index in [1.807, 2.05) is 13.8 Å². The maximum atomic E-state index is 5.51. The van der Waals surface area contributed by atoms with Gasteiger partial charge < -0.3 is 9.47 Å². The van der Waals surface area contributed by atoms with Crippen LogP contribution >= 0.6 is 9.24 Å². The minimum atomic E-state index is -0.318. The van der Waals surface area contributed by atoms with E-state index in [1.165, 1.54) is 0 Å². The Balaban J connectivity index is 2.19. The molecule has 0 saturated carbocycles. The number of rotatable bonds is 2. The second-order valence-electron chi connectivity index (χ2n) is 3.97. The molecular formula is C9H15N2O2P. The first kappa shape index (κ1) is 9.91. The quantitative estimate of drug-likeness (QED) is 0.645. The Kier molecular flexibility index (Phi) is 2.48. The normalized spacial score (nSPS) is 26.6. The number of nitrogens with zero attached hydrogens (tertiary/aromatic N) is 2. The molecule has 2 aliphatic rings. The third-order valence-electron chi connectivity index (χ3n) is 2.33. The Labute approximate surface area is 86.0 Å². The van der Waals surface area contributed by atoms with Gasteiger partial charge in [-0.15, -0.1) is 9.24 Å². The highest BCUT2D eigenvalue weighted by Crippen LogP contribution is 2.28. The van der Waals surface area contributed by atoms with Gasteiger partial charge in [0.2, 0.25) is 0 Å². The van der Waals surface area contributed by atoms with Gasteiger partial charge in [-0.2, -0.15) is 0 Å². The molecule has 78 valence electrons. The molecule has 0 aromatic carbocycles. The van der Waals surface area contributed by atoms with Crippen LogP contribution in [-0.2, 0) is 9.47 Å². The zero-order valence-electron chi connectivity index (χ0n) is 8.49. The number of ether oxygens (including phenoxy) is 2. The molecule has 2 aliphatic heterocycles. The Morgan fingerprint density at radius 1 is 1.36 bits per heavy atom. The summed E-state index contributed by atoms with van der Waals surface area (Å²) in [5.74, 6) is 1.65. The molecule has 0 spiro atoms. The monoisotopic (exact) mass is 214 g/mol. The van der Waals surface area contributed by atoms with Crippen LogP contribution in [0.15, 0.2) is 9.98 Å². The molecule has 0 N–H and O–H groups in total. The smallest absolute Gasteiger partial charge is 0.199 e. The fourth-order valence-electron chi connectivity index (χ4n) is 1.54. The summed E-state index contributed by atoms with van der Waals surface area (Å²) >= 11 is 0. The second-order valence-corrected chi connectivity index (χ2v) is 4.74. The van der Waals surface area contributed by atoms with Crippen molar-refractivity contribution < 1.29 is 9.47 Å². The predicted molar refractivity (Wildman–Crippen MR) is 58.9 cm³/mol. The molecule has 2 heterocycles. The van der Waals surface area contributed by atoms with Crippen molar-refractivity contribution in [2.45, 2.75) is 19.6 Å². The standard InChI is InChI=1S/C9H15N2O2P/c1-9(2,7-10-3-4-12-7)8-11-6(14)5-13-8/h6H,3-5,14H2,1-2H3/t6-/m0/s1. The average molecular weight is 214 g/mol. The molecule has 1 unspecified atom stereocenters. The van der Waals surface area contributed by atoms with E-state index in [0.29, 0.717) is 13.2 Å². The van der Waals surface area contributed by atoms with Crippen molar-refractivity contribution in [3.05, 3.63) is 0 Å². The zero-order chi connectivity index (χ0) is 10.2. The van der Waals surface area contributed by atoms with Gasteiger partial charge in [-0.05, 0) is 13.8 Å². The lowest BCUT2D eigenvalue weighted by atomic mass is 9.93. The maximum absolute atomic E-state index is 5.51. The molecule has 0 aromatic heterocycles. The SMILES string of the molecule is CC(C)(C1=NCCO1)C1=N[C@@H](P)CO1. The van der Waals surface area contributed by atoms with Crippen LogP contribution in [0.5, 0.6) is 0 Å². The van der Waals surface area contributed by atoms with Crippen molar-refractivity contribution in [2.75, 3.05) is 19.8 Å². The third-order valence-corrected chi connectivity index (χ3v) is 2.67. The van der Waals surface area contributed by atoms with Gasteiger partial charge >= 0.3 is 0 Å². The van der Waals surface area contributed by atoms with Gasteiger partial charge in [0.05, 0.1) is 6.54 Å². The van der Waals surface area contributed by atoms with Crippen LogP contribution in [0, 0.1) is 5.41 Å². The topological polar surface area (TPSA) is 43.2 Å². The molecule has 0 saturated heterocycles. The molecule has 0 fully saturated rings. The van der Waals surface area contributed by atoms with Crippen LogP contribution in [-0.4, -0.2) is 37.3 Å². The van der Waals surface area contributed by atoms with Crippen molar-refractivity contribution in [1.29, 1.82) is 0 Å². The molecule has 0 bridgehead atoms. The van der Waals surface area contributed by atoms with Gasteiger partial charge in [-0.3, -0.25) is 4.99 Å². The summed E-state index contributed by atoms with van der Waals surface area (Å²) in [6.07, 6.45) is 0. The van der Waals surface area contributed by atoms with E-state index in [9.17, 15) is 0 Å². The van der Waals surface area contributed by atoms with Gasteiger partial charge in [0.1, 0.15) is 24.4 Å². The Bertz CT molecular complexity index is 299. The van der Waals surface area contributed by atoms with Crippen LogP contribution in [0.3, 0.4) is 0 Å². The molecule has 5 heteroatoms. The highest BCUT2D eigenvalue weighted by molar-refractivity contribution is 7.17. The summed E-state index contributed by atoms with van der Waals surface area (Å²) in [7, 11) is 2.64. The molecule has 4 nitrogen and oxygen atoms in total. The fraction of sp³-hybridized carbons (Fsp3) is 0.778. The van der Waals surface area contributed by atoms with E-state index in [2.05, 4.69) is 19.2 Å². The zero-order valence-corrected chi connectivity index (χ0v) is 9.64. The second kappa shape index (κ2) is 3.50. The summed E-state index contributed by atoms with van der Waals surface area (Å²) in [6, 6.07) is 0. The summed E-state index contributed by atoms with van der Waals surface area (Å²) in [5, 5.41) is 0. The molecular weight excluding hydrogens is 199 g/mol. The lowest BCUT2D eigenvalue weighted by Gasteiger charge is -2.22. The van der Waals surface area contributed by atoms with Crippen molar-refractivity contribution >= 4 is 21.0 Å². The highest BCUT2D eigenvalue weighted by Gasteiger charge is 2.38. The first-order valence-electron chi connectivity index (χ1n) is 4.75. The highest BCUT2D eigenvalue weighted by atomic mass is 31.0. The minimum absolute atomic E-state index is 0.172. The van der Waals surface area contributed by atoms with Crippen molar-refractivity contribution in [3.63, 3.8) is 0 Å². The van der Waals surface area contributed by atoms with Gasteiger partial charge in [-0.25, -0.2) is 4.99 Å².